The van der Waals surface area contributed by atoms with Crippen LogP contribution in [0.2, 0.25) is 0 Å². The van der Waals surface area contributed by atoms with Crippen molar-refractivity contribution in [2.75, 3.05) is 7.11 Å². The number of amides is 3. The largest absolute Gasteiger partial charge is 0.501 e. The highest BCUT2D eigenvalue weighted by Crippen LogP contribution is 2.23. The highest BCUT2D eigenvalue weighted by atomic mass is 16.5. The van der Waals surface area contributed by atoms with Gasteiger partial charge >= 0.3 is 11.9 Å². The summed E-state index contributed by atoms with van der Waals surface area (Å²) in [6.45, 7) is 3.92. The normalized spacial score (nSPS) is 23.3. The minimum absolute atomic E-state index is 0.128. The molecule has 1 fully saturated rings. The summed E-state index contributed by atoms with van der Waals surface area (Å²) in [7, 11) is 1.64. The van der Waals surface area contributed by atoms with Crippen molar-refractivity contribution in [3.8, 4) is 0 Å². The van der Waals surface area contributed by atoms with E-state index in [0.717, 1.165) is 43.0 Å². The van der Waals surface area contributed by atoms with Gasteiger partial charge in [-0.3, -0.25) is 4.98 Å². The molecule has 0 N–H and O–H groups in total. The number of nitrogens with zero attached hydrogens (tertiary/aromatic N) is 3. The molecule has 2 unspecified atom stereocenters. The third-order valence-corrected chi connectivity index (χ3v) is 6.01. The molecule has 2 aliphatic carbocycles. The Labute approximate surface area is 158 Å². The van der Waals surface area contributed by atoms with Crippen LogP contribution in [0.15, 0.2) is 18.3 Å². The Kier molecular flexibility index (Phi) is 4.68. The molecule has 1 saturated carbocycles. The number of hydrogen-bond acceptors (Lipinski definition) is 4. The molecule has 1 aromatic heterocycles. The number of imide groups is 1. The Balaban J connectivity index is 2.06. The van der Waals surface area contributed by atoms with Crippen molar-refractivity contribution in [3.05, 3.63) is 40.2 Å². The van der Waals surface area contributed by atoms with Gasteiger partial charge in [0.1, 0.15) is 23.8 Å². The molecule has 2 heterocycles. The fourth-order valence-corrected chi connectivity index (χ4v) is 4.37. The molecular weight excluding hydrogens is 342 g/mol. The predicted molar refractivity (Wildman–Crippen MR) is 102 cm³/mol. The van der Waals surface area contributed by atoms with Crippen LogP contribution in [0.3, 0.4) is 0 Å². The number of fused-ring (bicyclic) bond motifs is 3. The summed E-state index contributed by atoms with van der Waals surface area (Å²) in [5.41, 5.74) is 1.28. The van der Waals surface area contributed by atoms with Crippen molar-refractivity contribution in [1.29, 1.82) is 0 Å². The average molecular weight is 368 g/mol. The number of rotatable bonds is 4. The third kappa shape index (κ3) is 2.74. The van der Waals surface area contributed by atoms with Crippen LogP contribution in [0.1, 0.15) is 68.1 Å². The molecule has 6 heteroatoms. The predicted octanol–water partition coefficient (Wildman–Crippen LogP) is 1.93. The summed E-state index contributed by atoms with van der Waals surface area (Å²) in [5.74, 6) is -0.245. The molecule has 142 valence electrons. The fraction of sp³-hybridized carbons (Fsp3) is 0.524. The molecule has 0 saturated heterocycles. The van der Waals surface area contributed by atoms with Gasteiger partial charge in [-0.05, 0) is 51.2 Å². The summed E-state index contributed by atoms with van der Waals surface area (Å²) in [6, 6.07) is -0.213. The number of hydrogen-bond donors (Lipinski definition) is 0. The van der Waals surface area contributed by atoms with E-state index in [1.807, 2.05) is 36.7 Å². The molecule has 3 amide bonds. The van der Waals surface area contributed by atoms with Crippen LogP contribution in [-0.4, -0.2) is 41.0 Å². The third-order valence-electron chi connectivity index (χ3n) is 6.01. The highest BCUT2D eigenvalue weighted by Gasteiger charge is 2.46. The zero-order valence-electron chi connectivity index (χ0n) is 16.1. The van der Waals surface area contributed by atoms with Gasteiger partial charge in [-0.25, -0.2) is 4.79 Å². The molecule has 4 rings (SSSR count). The van der Waals surface area contributed by atoms with Gasteiger partial charge < -0.3 is 4.74 Å². The molecule has 6 nitrogen and oxygen atoms in total. The number of urea groups is 1. The maximum atomic E-state index is 13.5. The topological polar surface area (TPSA) is 62.5 Å². The maximum Gasteiger partial charge on any atom is 0.501 e. The Morgan fingerprint density at radius 3 is 2.74 bits per heavy atom. The van der Waals surface area contributed by atoms with Crippen molar-refractivity contribution >= 4 is 18.0 Å². The molecule has 2 atom stereocenters. The molecule has 3 aliphatic rings. The standard InChI is InChI=1S/C21H26N3O3/c1-4-13(2)23-20(25)16-12-22-18-15(10-7-11-17(18)27-3)19(16)24(21(23)26)14-8-5-6-9-14/h7,10-14,17H,4-6,8-9H2,1-3H3/q+1. The van der Waals surface area contributed by atoms with E-state index in [1.165, 1.54) is 4.90 Å². The maximum absolute atomic E-state index is 13.5. The van der Waals surface area contributed by atoms with Gasteiger partial charge in [-0.2, -0.15) is 14.3 Å². The van der Waals surface area contributed by atoms with Crippen LogP contribution < -0.4 is 15.2 Å². The molecule has 1 aromatic rings. The second-order valence-corrected chi connectivity index (χ2v) is 7.55. The molecule has 0 bridgehead atoms. The van der Waals surface area contributed by atoms with E-state index < -0.39 is 0 Å². The summed E-state index contributed by atoms with van der Waals surface area (Å²) in [4.78, 5) is 32.6. The second kappa shape index (κ2) is 7.00. The van der Waals surface area contributed by atoms with Crippen LogP contribution >= 0.6 is 0 Å². The monoisotopic (exact) mass is 368 g/mol. The lowest BCUT2D eigenvalue weighted by atomic mass is 10.0. The first-order valence-electron chi connectivity index (χ1n) is 9.82. The van der Waals surface area contributed by atoms with Crippen molar-refractivity contribution in [2.45, 2.75) is 64.1 Å². The van der Waals surface area contributed by atoms with Crippen LogP contribution in [0.5, 0.6) is 0 Å². The lowest BCUT2D eigenvalue weighted by Crippen LogP contribution is -2.63. The fourth-order valence-electron chi connectivity index (χ4n) is 4.37. The summed E-state index contributed by atoms with van der Waals surface area (Å²) in [5, 5.41) is 1.55. The van der Waals surface area contributed by atoms with Crippen LogP contribution in [0.25, 0.3) is 6.08 Å². The SMILES string of the molecule is CCC(C)N1C(=O)c2cnc3c(c2=[N+](C2CCCC2)C1=O)=CC=CC3OC. The van der Waals surface area contributed by atoms with E-state index in [9.17, 15) is 9.59 Å². The first-order valence-corrected chi connectivity index (χ1v) is 9.82. The Hall–Kier alpha value is -2.34. The number of pyridine rings is 1. The molecular formula is C21H26N3O3+. The first-order chi connectivity index (χ1) is 13.1. The van der Waals surface area contributed by atoms with Gasteiger partial charge in [0, 0.05) is 18.5 Å². The smallest absolute Gasteiger partial charge is 0.371 e. The second-order valence-electron chi connectivity index (χ2n) is 7.55. The van der Waals surface area contributed by atoms with Gasteiger partial charge in [0.25, 0.3) is 0 Å². The summed E-state index contributed by atoms with van der Waals surface area (Å²) < 4.78 is 7.41. The summed E-state index contributed by atoms with van der Waals surface area (Å²) in [6.07, 6.45) is 12.0. The van der Waals surface area contributed by atoms with Gasteiger partial charge in [0.15, 0.2) is 5.36 Å². The molecule has 0 spiro atoms. The number of ether oxygens (including phenoxy) is 1. The minimum atomic E-state index is -0.265. The molecule has 27 heavy (non-hydrogen) atoms. The Morgan fingerprint density at radius 1 is 1.33 bits per heavy atom. The van der Waals surface area contributed by atoms with Gasteiger partial charge in [0.05, 0.1) is 5.69 Å². The van der Waals surface area contributed by atoms with Crippen molar-refractivity contribution < 1.29 is 14.3 Å². The van der Waals surface area contributed by atoms with Crippen molar-refractivity contribution in [3.63, 3.8) is 0 Å². The van der Waals surface area contributed by atoms with Crippen molar-refractivity contribution in [1.82, 2.24) is 14.5 Å². The van der Waals surface area contributed by atoms with Crippen LogP contribution in [-0.2, 0) is 4.74 Å². The average Bonchev–Trinajstić information content (AvgIpc) is 3.21. The van der Waals surface area contributed by atoms with Gasteiger partial charge in [0.2, 0.25) is 0 Å². The van der Waals surface area contributed by atoms with E-state index in [4.69, 9.17) is 4.74 Å². The molecule has 1 aliphatic heterocycles. The van der Waals surface area contributed by atoms with E-state index in [0.29, 0.717) is 10.9 Å². The number of allylic oxidation sites excluding steroid dienone is 1. The van der Waals surface area contributed by atoms with Gasteiger partial charge in [-0.15, -0.1) is 0 Å². The van der Waals surface area contributed by atoms with E-state index in [1.54, 1.807) is 13.3 Å². The minimum Gasteiger partial charge on any atom is -0.371 e. The van der Waals surface area contributed by atoms with Crippen LogP contribution in [0.4, 0.5) is 4.79 Å². The Morgan fingerprint density at radius 2 is 2.07 bits per heavy atom. The quantitative estimate of drug-likeness (QED) is 0.762. The highest BCUT2D eigenvalue weighted by molar-refractivity contribution is 6.07. The summed E-state index contributed by atoms with van der Waals surface area (Å²) >= 11 is 0. The van der Waals surface area contributed by atoms with Crippen molar-refractivity contribution in [2.24, 2.45) is 0 Å². The molecule has 0 radical (unpaired) electrons. The van der Waals surface area contributed by atoms with E-state index in [-0.39, 0.29) is 30.1 Å². The lowest BCUT2D eigenvalue weighted by Gasteiger charge is -2.27. The molecule has 0 aromatic carbocycles. The number of methoxy groups -OCH3 is 1. The van der Waals surface area contributed by atoms with E-state index in [2.05, 4.69) is 4.98 Å². The first kappa shape index (κ1) is 18.0. The Bertz CT molecular complexity index is 944. The number of carbonyl (C=O) groups is 2. The van der Waals surface area contributed by atoms with E-state index >= 15 is 0 Å². The number of carbonyl (C=O) groups excluding carboxylic acids is 2. The van der Waals surface area contributed by atoms with Crippen LogP contribution in [0, 0.1) is 0 Å². The zero-order valence-corrected chi connectivity index (χ0v) is 16.1. The lowest BCUT2D eigenvalue weighted by molar-refractivity contribution is 0.0714. The number of aromatic nitrogens is 1. The zero-order chi connectivity index (χ0) is 19.1. The van der Waals surface area contributed by atoms with Gasteiger partial charge in [-0.1, -0.05) is 13.0 Å².